The van der Waals surface area contributed by atoms with E-state index in [-0.39, 0.29) is 30.4 Å². The van der Waals surface area contributed by atoms with Gasteiger partial charge in [-0.2, -0.15) is 4.99 Å². The number of hydrogen-bond donors (Lipinski definition) is 1. The van der Waals surface area contributed by atoms with Crippen molar-refractivity contribution in [3.8, 4) is 5.75 Å². The first-order valence-electron chi connectivity index (χ1n) is 10.1. The molecule has 2 aliphatic rings. The van der Waals surface area contributed by atoms with E-state index in [1.54, 1.807) is 13.0 Å². The zero-order chi connectivity index (χ0) is 22.0. The van der Waals surface area contributed by atoms with Crippen LogP contribution in [0.25, 0.3) is 0 Å². The van der Waals surface area contributed by atoms with Crippen LogP contribution in [0, 0.1) is 18.6 Å². The van der Waals surface area contributed by atoms with Gasteiger partial charge in [0.15, 0.2) is 0 Å². The fraction of sp³-hybridized carbons (Fsp3) is 0.409. The molecule has 4 rings (SSSR count). The Kier molecular flexibility index (Phi) is 5.69. The molecule has 9 heteroatoms. The highest BCUT2D eigenvalue weighted by Crippen LogP contribution is 2.36. The third kappa shape index (κ3) is 4.27. The van der Waals surface area contributed by atoms with Crippen LogP contribution in [-0.2, 0) is 16.0 Å². The number of nitrogens with zero attached hydrogens (tertiary/aromatic N) is 3. The average molecular weight is 428 g/mol. The first-order valence-corrected chi connectivity index (χ1v) is 10.1. The van der Waals surface area contributed by atoms with Crippen molar-refractivity contribution in [1.29, 1.82) is 0 Å². The van der Waals surface area contributed by atoms with E-state index in [4.69, 9.17) is 4.74 Å². The van der Waals surface area contributed by atoms with Crippen LogP contribution in [-0.4, -0.2) is 42.2 Å². The topological polar surface area (TPSA) is 83.9 Å². The van der Waals surface area contributed by atoms with Gasteiger partial charge in [-0.1, -0.05) is 0 Å². The van der Waals surface area contributed by atoms with Gasteiger partial charge in [-0.15, -0.1) is 0 Å². The number of pyridine rings is 1. The largest absolute Gasteiger partial charge is 0.491 e. The Morgan fingerprint density at radius 3 is 2.77 bits per heavy atom. The summed E-state index contributed by atoms with van der Waals surface area (Å²) in [5, 5.41) is 2.55. The van der Waals surface area contributed by atoms with Crippen LogP contribution in [0.15, 0.2) is 29.4 Å². The third-order valence-electron chi connectivity index (χ3n) is 5.88. The fourth-order valence-corrected chi connectivity index (χ4v) is 4.16. The second-order valence-corrected chi connectivity index (χ2v) is 7.94. The van der Waals surface area contributed by atoms with Crippen molar-refractivity contribution in [2.45, 2.75) is 38.1 Å². The van der Waals surface area contributed by atoms with Gasteiger partial charge in [0, 0.05) is 25.1 Å². The number of ether oxygens (including phenoxy) is 1. The van der Waals surface area contributed by atoms with E-state index < -0.39 is 11.4 Å². The van der Waals surface area contributed by atoms with Crippen LogP contribution in [0.1, 0.15) is 30.4 Å². The number of amides is 1. The molecule has 1 amide bonds. The molecule has 0 bridgehead atoms. The second kappa shape index (κ2) is 8.43. The number of anilines is 2. The van der Waals surface area contributed by atoms with Crippen LogP contribution in [0.3, 0.4) is 0 Å². The molecular weight excluding hydrogens is 406 g/mol. The number of aliphatic imine (C=N–C) groups is 1. The van der Waals surface area contributed by atoms with Gasteiger partial charge < -0.3 is 15.0 Å². The molecule has 1 aromatic heterocycles. The van der Waals surface area contributed by atoms with Gasteiger partial charge in [0.25, 0.3) is 0 Å². The molecule has 1 aromatic carbocycles. The van der Waals surface area contributed by atoms with Crippen LogP contribution in [0.4, 0.5) is 20.3 Å². The zero-order valence-electron chi connectivity index (χ0n) is 17.1. The van der Waals surface area contributed by atoms with E-state index in [1.165, 1.54) is 24.4 Å². The molecule has 0 atom stereocenters. The lowest BCUT2D eigenvalue weighted by Crippen LogP contribution is -2.47. The number of benzene rings is 1. The molecular formula is C22H22F2N4O3. The van der Waals surface area contributed by atoms with Gasteiger partial charge in [-0.25, -0.2) is 18.6 Å². The average Bonchev–Trinajstić information content (AvgIpc) is 2.75. The number of rotatable bonds is 5. The highest BCUT2D eigenvalue weighted by atomic mass is 19.1. The minimum Gasteiger partial charge on any atom is -0.491 e. The Morgan fingerprint density at radius 1 is 1.29 bits per heavy atom. The van der Waals surface area contributed by atoms with Crippen molar-refractivity contribution in [2.24, 2.45) is 4.99 Å². The molecule has 0 spiro atoms. The van der Waals surface area contributed by atoms with E-state index in [0.29, 0.717) is 49.5 Å². The maximum Gasteiger partial charge on any atom is 0.235 e. The quantitative estimate of drug-likeness (QED) is 0.584. The number of hydrogen-bond acceptors (Lipinski definition) is 6. The first-order chi connectivity index (χ1) is 14.9. The van der Waals surface area contributed by atoms with Crippen molar-refractivity contribution in [3.05, 3.63) is 47.2 Å². The number of nitrogens with one attached hydrogen (secondary N) is 1. The molecule has 0 saturated carbocycles. The summed E-state index contributed by atoms with van der Waals surface area (Å²) in [5.41, 5.74) is 0.719. The van der Waals surface area contributed by atoms with E-state index in [1.807, 2.05) is 4.90 Å². The smallest absolute Gasteiger partial charge is 0.235 e. The molecule has 2 aliphatic heterocycles. The van der Waals surface area contributed by atoms with E-state index in [9.17, 15) is 18.4 Å². The van der Waals surface area contributed by atoms with E-state index in [0.717, 1.165) is 5.56 Å². The predicted octanol–water partition coefficient (Wildman–Crippen LogP) is 3.31. The Labute approximate surface area is 178 Å². The number of aryl methyl sites for hydroxylation is 1. The third-order valence-corrected chi connectivity index (χ3v) is 5.88. The monoisotopic (exact) mass is 428 g/mol. The van der Waals surface area contributed by atoms with E-state index in [2.05, 4.69) is 15.3 Å². The second-order valence-electron chi connectivity index (χ2n) is 7.94. The summed E-state index contributed by atoms with van der Waals surface area (Å²) in [4.78, 5) is 33.0. The molecule has 162 valence electrons. The van der Waals surface area contributed by atoms with Crippen molar-refractivity contribution >= 4 is 23.5 Å². The fourth-order valence-electron chi connectivity index (χ4n) is 4.16. The number of carbonyl (C=O) groups is 1. The van der Waals surface area contributed by atoms with Gasteiger partial charge in [0.05, 0.1) is 11.9 Å². The Hall–Kier alpha value is -3.32. The minimum absolute atomic E-state index is 0.123. The summed E-state index contributed by atoms with van der Waals surface area (Å²) in [6.45, 7) is 3.05. The predicted molar refractivity (Wildman–Crippen MR) is 110 cm³/mol. The summed E-state index contributed by atoms with van der Waals surface area (Å²) in [7, 11) is 0. The lowest BCUT2D eigenvalue weighted by Gasteiger charge is -2.39. The van der Waals surface area contributed by atoms with Crippen molar-refractivity contribution in [1.82, 2.24) is 4.98 Å². The molecule has 2 aromatic rings. The number of aromatic nitrogens is 1. The number of piperidine rings is 1. The number of halogens is 2. The maximum absolute atomic E-state index is 14.1. The number of fused-ring (bicyclic) bond motifs is 1. The highest BCUT2D eigenvalue weighted by Gasteiger charge is 2.37. The Morgan fingerprint density at radius 2 is 2.06 bits per heavy atom. The molecule has 0 unspecified atom stereocenters. The summed E-state index contributed by atoms with van der Waals surface area (Å²) >= 11 is 0. The van der Waals surface area contributed by atoms with Gasteiger partial charge in [-0.05, 0) is 49.9 Å². The summed E-state index contributed by atoms with van der Waals surface area (Å²) in [5.74, 6) is 0.0456. The van der Waals surface area contributed by atoms with Crippen LogP contribution in [0.2, 0.25) is 0 Å². The normalized spacial score (nSPS) is 17.4. The summed E-state index contributed by atoms with van der Waals surface area (Å²) in [6.07, 6.45) is 4.51. The number of carbonyl (C=O) groups excluding carboxylic acids is 2. The molecule has 1 fully saturated rings. The maximum atomic E-state index is 14.1. The van der Waals surface area contributed by atoms with Crippen molar-refractivity contribution in [2.75, 3.05) is 29.9 Å². The summed E-state index contributed by atoms with van der Waals surface area (Å²) in [6, 6.07) is 4.22. The van der Waals surface area contributed by atoms with Crippen LogP contribution < -0.4 is 15.0 Å². The molecule has 3 heterocycles. The Bertz CT molecular complexity index is 1060. The molecule has 1 saturated heterocycles. The Balaban J connectivity index is 1.49. The standard InChI is InChI=1S/C22H22F2N4O3/c1-14-10-15(23)11-25-21(14)28-8-6-22(7-9-28,26-13-29)12-31-18-4-3-17(24)20-16(18)2-5-19(30)27-20/h3-4,10-11H,2,5-9,12H2,1H3,(H,27,30). The van der Waals surface area contributed by atoms with E-state index >= 15 is 0 Å². The van der Waals surface area contributed by atoms with Gasteiger partial charge in [-0.3, -0.25) is 4.79 Å². The number of isocyanates is 1. The minimum atomic E-state index is -0.772. The molecule has 31 heavy (non-hydrogen) atoms. The lowest BCUT2D eigenvalue weighted by molar-refractivity contribution is -0.116. The van der Waals surface area contributed by atoms with Gasteiger partial charge in [0.1, 0.15) is 35.3 Å². The molecule has 7 nitrogen and oxygen atoms in total. The van der Waals surface area contributed by atoms with Crippen LogP contribution >= 0.6 is 0 Å². The van der Waals surface area contributed by atoms with Gasteiger partial charge in [0.2, 0.25) is 12.0 Å². The lowest BCUT2D eigenvalue weighted by atomic mass is 9.88. The van der Waals surface area contributed by atoms with Crippen LogP contribution in [0.5, 0.6) is 5.75 Å². The molecule has 0 aliphatic carbocycles. The van der Waals surface area contributed by atoms with Gasteiger partial charge >= 0.3 is 0 Å². The summed E-state index contributed by atoms with van der Waals surface area (Å²) < 4.78 is 33.5. The molecule has 1 N–H and O–H groups in total. The van der Waals surface area contributed by atoms with Crippen molar-refractivity contribution in [3.63, 3.8) is 0 Å². The highest BCUT2D eigenvalue weighted by molar-refractivity contribution is 5.94. The zero-order valence-corrected chi connectivity index (χ0v) is 17.1. The SMILES string of the molecule is Cc1cc(F)cnc1N1CCC(COc2ccc(F)c3c2CCC(=O)N3)(N=C=O)CC1. The van der Waals surface area contributed by atoms with Crippen molar-refractivity contribution < 1.29 is 23.1 Å². The molecule has 0 radical (unpaired) electrons. The first kappa shape index (κ1) is 20.9.